The lowest BCUT2D eigenvalue weighted by Crippen LogP contribution is -2.32. The number of nitrogens with zero attached hydrogens (tertiary/aromatic N) is 2. The minimum absolute atomic E-state index is 0.00892. The number of sulfone groups is 1. The topological polar surface area (TPSA) is 112 Å². The van der Waals surface area contributed by atoms with E-state index in [-0.39, 0.29) is 18.2 Å². The second-order valence-electron chi connectivity index (χ2n) is 11.3. The first kappa shape index (κ1) is 33.4. The van der Waals surface area contributed by atoms with Gasteiger partial charge in [-0.25, -0.2) is 22.8 Å². The monoisotopic (exact) mass is 732 g/mol. The van der Waals surface area contributed by atoms with E-state index in [0.717, 1.165) is 26.7 Å². The van der Waals surface area contributed by atoms with Crippen LogP contribution in [0.2, 0.25) is 0 Å². The highest BCUT2D eigenvalue weighted by molar-refractivity contribution is 9.10. The van der Waals surface area contributed by atoms with Gasteiger partial charge in [0, 0.05) is 42.1 Å². The third kappa shape index (κ3) is 7.61. The van der Waals surface area contributed by atoms with Crippen LogP contribution < -0.4 is 20.1 Å². The average molecular weight is 734 g/mol. The van der Waals surface area contributed by atoms with E-state index in [2.05, 4.69) is 36.5 Å². The molecule has 12 heteroatoms. The molecule has 1 atom stereocenters. The van der Waals surface area contributed by atoms with Crippen molar-refractivity contribution in [3.05, 3.63) is 125 Å². The minimum Gasteiger partial charge on any atom is -0.496 e. The van der Waals surface area contributed by atoms with Crippen LogP contribution in [0, 0.1) is 5.82 Å². The molecule has 0 saturated heterocycles. The van der Waals surface area contributed by atoms with Crippen LogP contribution in [0.3, 0.4) is 0 Å². The van der Waals surface area contributed by atoms with Crippen LogP contribution in [0.25, 0.3) is 10.9 Å². The Morgan fingerprint density at radius 3 is 2.58 bits per heavy atom. The molecule has 2 heterocycles. The van der Waals surface area contributed by atoms with E-state index >= 15 is 0 Å². The van der Waals surface area contributed by atoms with E-state index in [4.69, 9.17) is 14.2 Å². The predicted octanol–water partition coefficient (Wildman–Crippen LogP) is 7.45. The highest BCUT2D eigenvalue weighted by Gasteiger charge is 2.38. The SMILES string of the molecule is COc1cc2ncnc(Nc3ccc(OCc4cccc(F)c4)c(Br)c3)c2cc1C1(CCNCCS(=O)(=O)c2ccccc2)CC=CO1. The Morgan fingerprint density at radius 2 is 1.83 bits per heavy atom. The summed E-state index contributed by atoms with van der Waals surface area (Å²) in [7, 11) is -1.77. The molecule has 9 nitrogen and oxygen atoms in total. The Bertz CT molecular complexity index is 2040. The van der Waals surface area contributed by atoms with E-state index in [9.17, 15) is 12.8 Å². The molecule has 1 aromatic heterocycles. The first-order chi connectivity index (χ1) is 23.3. The van der Waals surface area contributed by atoms with E-state index in [1.807, 2.05) is 42.5 Å². The zero-order chi connectivity index (χ0) is 33.6. The Labute approximate surface area is 287 Å². The van der Waals surface area contributed by atoms with Gasteiger partial charge in [-0.05, 0) is 82.6 Å². The molecule has 0 aliphatic carbocycles. The number of hydrogen-bond acceptors (Lipinski definition) is 9. The number of halogens is 2. The number of hydrogen-bond donors (Lipinski definition) is 2. The number of methoxy groups -OCH3 is 1. The van der Waals surface area contributed by atoms with E-state index in [0.29, 0.717) is 53.7 Å². The van der Waals surface area contributed by atoms with E-state index in [1.165, 1.54) is 18.5 Å². The van der Waals surface area contributed by atoms with Gasteiger partial charge in [0.05, 0.1) is 34.0 Å². The quantitative estimate of drug-likeness (QED) is 0.113. The Kier molecular flexibility index (Phi) is 10.2. The third-order valence-electron chi connectivity index (χ3n) is 8.12. The summed E-state index contributed by atoms with van der Waals surface area (Å²) in [5.74, 6) is 1.52. The Hall–Kier alpha value is -4.52. The molecule has 1 unspecified atom stereocenters. The maximum atomic E-state index is 13.6. The highest BCUT2D eigenvalue weighted by atomic mass is 79.9. The van der Waals surface area contributed by atoms with Gasteiger partial charge in [-0.3, -0.25) is 0 Å². The lowest BCUT2D eigenvalue weighted by Gasteiger charge is -2.31. The van der Waals surface area contributed by atoms with Gasteiger partial charge in [0.2, 0.25) is 0 Å². The number of rotatable bonds is 14. The zero-order valence-electron chi connectivity index (χ0n) is 26.2. The van der Waals surface area contributed by atoms with Crippen LogP contribution in [0.1, 0.15) is 24.0 Å². The molecular formula is C36H34BrFN4O5S. The summed E-state index contributed by atoms with van der Waals surface area (Å²) < 4.78 is 57.7. The molecule has 0 amide bonds. The number of nitrogens with one attached hydrogen (secondary N) is 2. The van der Waals surface area contributed by atoms with Gasteiger partial charge in [-0.1, -0.05) is 30.3 Å². The summed E-state index contributed by atoms with van der Waals surface area (Å²) in [5, 5.41) is 7.46. The summed E-state index contributed by atoms with van der Waals surface area (Å²) in [6.45, 7) is 1.05. The zero-order valence-corrected chi connectivity index (χ0v) is 28.6. The van der Waals surface area contributed by atoms with Crippen LogP contribution in [0.5, 0.6) is 11.5 Å². The summed E-state index contributed by atoms with van der Waals surface area (Å²) >= 11 is 3.59. The maximum absolute atomic E-state index is 13.6. The van der Waals surface area contributed by atoms with Crippen molar-refractivity contribution in [2.24, 2.45) is 0 Å². The number of aromatic nitrogens is 2. The summed E-state index contributed by atoms with van der Waals surface area (Å²) in [4.78, 5) is 9.36. The van der Waals surface area contributed by atoms with E-state index < -0.39 is 15.4 Å². The van der Waals surface area contributed by atoms with Crippen molar-refractivity contribution in [3.63, 3.8) is 0 Å². The molecule has 6 rings (SSSR count). The van der Waals surface area contributed by atoms with Crippen molar-refractivity contribution in [1.82, 2.24) is 15.3 Å². The predicted molar refractivity (Wildman–Crippen MR) is 187 cm³/mol. The smallest absolute Gasteiger partial charge is 0.179 e. The van der Waals surface area contributed by atoms with Crippen LogP contribution in [-0.2, 0) is 26.8 Å². The number of benzene rings is 4. The van der Waals surface area contributed by atoms with Crippen LogP contribution in [0.15, 0.2) is 113 Å². The van der Waals surface area contributed by atoms with Crippen LogP contribution in [0.4, 0.5) is 15.9 Å². The molecule has 248 valence electrons. The fraction of sp³-hybridized carbons (Fsp3) is 0.222. The molecular weight excluding hydrogens is 699 g/mol. The summed E-state index contributed by atoms with van der Waals surface area (Å²) in [5.41, 5.74) is 2.28. The van der Waals surface area contributed by atoms with Gasteiger partial charge in [-0.2, -0.15) is 0 Å². The summed E-state index contributed by atoms with van der Waals surface area (Å²) in [6.07, 6.45) is 6.33. The van der Waals surface area contributed by atoms with E-state index in [1.54, 1.807) is 49.8 Å². The third-order valence-corrected chi connectivity index (χ3v) is 10.5. The van der Waals surface area contributed by atoms with Crippen LogP contribution >= 0.6 is 15.9 Å². The molecule has 1 aliphatic heterocycles. The van der Waals surface area contributed by atoms with Gasteiger partial charge in [0.15, 0.2) is 9.84 Å². The molecule has 0 bridgehead atoms. The molecule has 2 N–H and O–H groups in total. The lowest BCUT2D eigenvalue weighted by molar-refractivity contribution is 0.0307. The lowest BCUT2D eigenvalue weighted by atomic mass is 9.86. The second kappa shape index (κ2) is 14.7. The summed E-state index contributed by atoms with van der Waals surface area (Å²) in [6, 6.07) is 24.2. The Balaban J connectivity index is 1.18. The largest absolute Gasteiger partial charge is 0.496 e. The maximum Gasteiger partial charge on any atom is 0.179 e. The van der Waals surface area contributed by atoms with Gasteiger partial charge >= 0.3 is 0 Å². The van der Waals surface area contributed by atoms with Gasteiger partial charge < -0.3 is 24.8 Å². The number of fused-ring (bicyclic) bond motifs is 1. The van der Waals surface area contributed by atoms with Crippen molar-refractivity contribution < 1.29 is 27.0 Å². The van der Waals surface area contributed by atoms with Crippen molar-refractivity contribution in [2.75, 3.05) is 31.3 Å². The molecule has 4 aromatic carbocycles. The molecule has 0 radical (unpaired) electrons. The van der Waals surface area contributed by atoms with Gasteiger partial charge in [0.1, 0.15) is 41.7 Å². The van der Waals surface area contributed by atoms with Crippen molar-refractivity contribution in [2.45, 2.75) is 29.9 Å². The minimum atomic E-state index is -3.38. The van der Waals surface area contributed by atoms with Gasteiger partial charge in [-0.15, -0.1) is 0 Å². The van der Waals surface area contributed by atoms with Crippen LogP contribution in [-0.4, -0.2) is 44.3 Å². The first-order valence-electron chi connectivity index (χ1n) is 15.3. The van der Waals surface area contributed by atoms with Crippen molar-refractivity contribution in [1.29, 1.82) is 0 Å². The fourth-order valence-corrected chi connectivity index (χ4v) is 7.34. The standard InChI is InChI=1S/C36H34BrFN4O5S/c1-45-34-22-32-29(21-30(34)36(13-6-17-47-36)14-15-39-16-18-48(43,44)28-9-3-2-4-10-28)35(41-24-40-32)42-27-11-12-33(31(37)20-27)46-23-25-7-5-8-26(38)19-25/h2-12,17,19-22,24,39H,13-16,18,23H2,1H3,(H,40,41,42). The Morgan fingerprint density at radius 1 is 0.979 bits per heavy atom. The number of ether oxygens (including phenoxy) is 3. The molecule has 0 saturated carbocycles. The molecule has 0 fully saturated rings. The highest BCUT2D eigenvalue weighted by Crippen LogP contribution is 2.44. The number of anilines is 2. The second-order valence-corrected chi connectivity index (χ2v) is 14.3. The normalized spacial score (nSPS) is 15.7. The molecule has 48 heavy (non-hydrogen) atoms. The van der Waals surface area contributed by atoms with Gasteiger partial charge in [0.25, 0.3) is 0 Å². The average Bonchev–Trinajstić information content (AvgIpc) is 3.57. The molecule has 1 aliphatic rings. The molecule has 0 spiro atoms. The van der Waals surface area contributed by atoms with Crippen molar-refractivity contribution >= 4 is 48.2 Å². The molecule has 5 aromatic rings. The van der Waals surface area contributed by atoms with Crippen molar-refractivity contribution in [3.8, 4) is 11.5 Å². The fourth-order valence-electron chi connectivity index (χ4n) is 5.63. The first-order valence-corrected chi connectivity index (χ1v) is 17.8.